The zero-order chi connectivity index (χ0) is 16.0. The van der Waals surface area contributed by atoms with Crippen LogP contribution in [0.1, 0.15) is 13.3 Å². The van der Waals surface area contributed by atoms with Gasteiger partial charge in [0.15, 0.2) is 0 Å². The molecule has 1 atom stereocenters. The molecule has 0 saturated heterocycles. The summed E-state index contributed by atoms with van der Waals surface area (Å²) in [5, 5.41) is 3.08. The van der Waals surface area contributed by atoms with Gasteiger partial charge in [-0.25, -0.2) is 8.42 Å². The molecule has 1 aromatic rings. The van der Waals surface area contributed by atoms with E-state index in [1.165, 1.54) is 31.3 Å². The molecule has 8 heteroatoms. The van der Waals surface area contributed by atoms with Crippen LogP contribution >= 0.6 is 11.6 Å². The highest BCUT2D eigenvalue weighted by atomic mass is 35.5. The summed E-state index contributed by atoms with van der Waals surface area (Å²) < 4.78 is 25.5. The van der Waals surface area contributed by atoms with Gasteiger partial charge >= 0.3 is 0 Å². The van der Waals surface area contributed by atoms with Crippen LogP contribution in [0.2, 0.25) is 5.02 Å². The van der Waals surface area contributed by atoms with E-state index in [0.29, 0.717) is 18.0 Å². The number of benzene rings is 1. The number of nitrogens with one attached hydrogen (secondary N) is 1. The first-order valence-electron chi connectivity index (χ1n) is 6.47. The minimum Gasteiger partial charge on any atom is -0.355 e. The molecule has 0 aliphatic heterocycles. The molecule has 0 fully saturated rings. The number of amides is 1. The number of sulfonamides is 1. The number of likely N-dealkylation sites (N-methyl/N-ethyl adjacent to an activating group) is 1. The second-order valence-electron chi connectivity index (χ2n) is 4.83. The number of hydrogen-bond donors (Lipinski definition) is 2. The van der Waals surface area contributed by atoms with Gasteiger partial charge in [0, 0.05) is 24.7 Å². The van der Waals surface area contributed by atoms with E-state index in [4.69, 9.17) is 17.3 Å². The number of hydrogen-bond acceptors (Lipinski definition) is 4. The summed E-state index contributed by atoms with van der Waals surface area (Å²) in [6, 6.07) is 5.78. The van der Waals surface area contributed by atoms with Crippen LogP contribution in [0.25, 0.3) is 0 Å². The summed E-state index contributed by atoms with van der Waals surface area (Å²) >= 11 is 5.73. The molecule has 118 valence electrons. The van der Waals surface area contributed by atoms with Crippen LogP contribution in [0.5, 0.6) is 0 Å². The third kappa shape index (κ3) is 5.62. The van der Waals surface area contributed by atoms with Crippen LogP contribution in [-0.2, 0) is 14.8 Å². The molecule has 1 unspecified atom stereocenters. The summed E-state index contributed by atoms with van der Waals surface area (Å²) in [6.07, 6.45) is 0.638. The molecule has 6 nitrogen and oxygen atoms in total. The Morgan fingerprint density at radius 1 is 1.38 bits per heavy atom. The molecule has 1 amide bonds. The molecule has 1 aromatic carbocycles. The highest BCUT2D eigenvalue weighted by Gasteiger charge is 2.22. The van der Waals surface area contributed by atoms with Crippen molar-refractivity contribution < 1.29 is 13.2 Å². The lowest BCUT2D eigenvalue weighted by Crippen LogP contribution is -2.39. The van der Waals surface area contributed by atoms with Crippen molar-refractivity contribution in [2.75, 3.05) is 20.1 Å². The molecule has 0 heterocycles. The van der Waals surface area contributed by atoms with Crippen molar-refractivity contribution in [1.82, 2.24) is 9.62 Å². The topological polar surface area (TPSA) is 92.5 Å². The zero-order valence-electron chi connectivity index (χ0n) is 12.0. The summed E-state index contributed by atoms with van der Waals surface area (Å²) in [7, 11) is -2.35. The molecule has 0 aromatic heterocycles. The smallest absolute Gasteiger partial charge is 0.243 e. The number of nitrogens with two attached hydrogens (primary N) is 1. The van der Waals surface area contributed by atoms with Gasteiger partial charge in [-0.05, 0) is 37.6 Å². The highest BCUT2D eigenvalue weighted by molar-refractivity contribution is 7.89. The predicted molar refractivity (Wildman–Crippen MR) is 82.5 cm³/mol. The number of halogens is 1. The minimum absolute atomic E-state index is 0.0131. The van der Waals surface area contributed by atoms with E-state index in [0.717, 1.165) is 4.31 Å². The van der Waals surface area contributed by atoms with Crippen LogP contribution in [-0.4, -0.2) is 44.8 Å². The molecule has 0 spiro atoms. The fourth-order valence-electron chi connectivity index (χ4n) is 1.57. The third-order valence-corrected chi connectivity index (χ3v) is 4.88. The molecule has 0 bridgehead atoms. The summed E-state index contributed by atoms with van der Waals surface area (Å²) in [5.41, 5.74) is 5.57. The van der Waals surface area contributed by atoms with Crippen LogP contribution in [0.4, 0.5) is 0 Å². The van der Waals surface area contributed by atoms with E-state index in [-0.39, 0.29) is 23.4 Å². The van der Waals surface area contributed by atoms with Crippen LogP contribution in [0.3, 0.4) is 0 Å². The first kappa shape index (κ1) is 17.9. The van der Waals surface area contributed by atoms with Gasteiger partial charge in [0.2, 0.25) is 15.9 Å². The lowest BCUT2D eigenvalue weighted by atomic mass is 10.2. The Morgan fingerprint density at radius 3 is 2.48 bits per heavy atom. The molecule has 0 aliphatic carbocycles. The first-order valence-corrected chi connectivity index (χ1v) is 8.29. The normalized spacial score (nSPS) is 13.2. The Hall–Kier alpha value is -1.15. The SMILES string of the molecule is CC(N)CCNC(=O)CN(C)S(=O)(=O)c1ccc(Cl)cc1. The lowest BCUT2D eigenvalue weighted by molar-refractivity contribution is -0.121. The van der Waals surface area contributed by atoms with Gasteiger partial charge < -0.3 is 11.1 Å². The fraction of sp³-hybridized carbons (Fsp3) is 0.462. The number of carbonyl (C=O) groups is 1. The van der Waals surface area contributed by atoms with Gasteiger partial charge in [-0.2, -0.15) is 4.31 Å². The second kappa shape index (κ2) is 7.74. The quantitative estimate of drug-likeness (QED) is 0.772. The second-order valence-corrected chi connectivity index (χ2v) is 7.31. The molecule has 0 radical (unpaired) electrons. The molecule has 0 saturated carbocycles. The zero-order valence-corrected chi connectivity index (χ0v) is 13.6. The van der Waals surface area contributed by atoms with Crippen molar-refractivity contribution in [3.05, 3.63) is 29.3 Å². The molecule has 3 N–H and O–H groups in total. The largest absolute Gasteiger partial charge is 0.355 e. The Kier molecular flexibility index (Phi) is 6.60. The third-order valence-electron chi connectivity index (χ3n) is 2.81. The van der Waals surface area contributed by atoms with Crippen LogP contribution < -0.4 is 11.1 Å². The lowest BCUT2D eigenvalue weighted by Gasteiger charge is -2.17. The van der Waals surface area contributed by atoms with Crippen molar-refractivity contribution in [2.24, 2.45) is 5.73 Å². The van der Waals surface area contributed by atoms with Crippen LogP contribution in [0.15, 0.2) is 29.2 Å². The maximum atomic E-state index is 12.2. The van der Waals surface area contributed by atoms with Gasteiger partial charge in [0.05, 0.1) is 11.4 Å². The molecular formula is C13H20ClN3O3S. The summed E-state index contributed by atoms with van der Waals surface area (Å²) in [5.74, 6) is -0.365. The Balaban J connectivity index is 2.63. The number of nitrogens with zero attached hydrogens (tertiary/aromatic N) is 1. The molecular weight excluding hydrogens is 314 g/mol. The van der Waals surface area contributed by atoms with E-state index in [1.807, 2.05) is 6.92 Å². The van der Waals surface area contributed by atoms with Crippen molar-refractivity contribution >= 4 is 27.5 Å². The van der Waals surface area contributed by atoms with Gasteiger partial charge in [0.1, 0.15) is 0 Å². The van der Waals surface area contributed by atoms with Gasteiger partial charge in [0.25, 0.3) is 0 Å². The van der Waals surface area contributed by atoms with Gasteiger partial charge in [-0.15, -0.1) is 0 Å². The summed E-state index contributed by atoms with van der Waals surface area (Å²) in [6.45, 7) is 2.01. The highest BCUT2D eigenvalue weighted by Crippen LogP contribution is 2.17. The number of rotatable bonds is 7. The van der Waals surface area contributed by atoms with Crippen molar-refractivity contribution in [2.45, 2.75) is 24.3 Å². The van der Waals surface area contributed by atoms with Crippen molar-refractivity contribution in [3.63, 3.8) is 0 Å². The number of carbonyl (C=O) groups excluding carboxylic acids is 1. The monoisotopic (exact) mass is 333 g/mol. The van der Waals surface area contributed by atoms with Crippen molar-refractivity contribution in [3.8, 4) is 0 Å². The van der Waals surface area contributed by atoms with E-state index in [1.54, 1.807) is 0 Å². The minimum atomic E-state index is -3.70. The average Bonchev–Trinajstić information content (AvgIpc) is 2.38. The Bertz CT molecular complexity index is 573. The first-order chi connectivity index (χ1) is 9.73. The Labute approximate surface area is 130 Å². The maximum absolute atomic E-state index is 12.2. The van der Waals surface area contributed by atoms with E-state index in [2.05, 4.69) is 5.32 Å². The molecule has 0 aliphatic rings. The standard InChI is InChI=1S/C13H20ClN3O3S/c1-10(15)7-8-16-13(18)9-17(2)21(19,20)12-5-3-11(14)4-6-12/h3-6,10H,7-9,15H2,1-2H3,(H,16,18). The van der Waals surface area contributed by atoms with E-state index < -0.39 is 10.0 Å². The van der Waals surface area contributed by atoms with E-state index in [9.17, 15) is 13.2 Å². The van der Waals surface area contributed by atoms with Crippen LogP contribution in [0, 0.1) is 0 Å². The van der Waals surface area contributed by atoms with Crippen molar-refractivity contribution in [1.29, 1.82) is 0 Å². The fourth-order valence-corrected chi connectivity index (χ4v) is 2.82. The molecule has 1 rings (SSSR count). The maximum Gasteiger partial charge on any atom is 0.243 e. The Morgan fingerprint density at radius 2 is 1.95 bits per heavy atom. The molecule has 21 heavy (non-hydrogen) atoms. The summed E-state index contributed by atoms with van der Waals surface area (Å²) in [4.78, 5) is 11.8. The predicted octanol–water partition coefficient (Wildman–Crippen LogP) is 0.814. The average molecular weight is 334 g/mol. The van der Waals surface area contributed by atoms with E-state index >= 15 is 0 Å². The van der Waals surface area contributed by atoms with Gasteiger partial charge in [-0.1, -0.05) is 11.6 Å². The van der Waals surface area contributed by atoms with Gasteiger partial charge in [-0.3, -0.25) is 4.79 Å².